The summed E-state index contributed by atoms with van der Waals surface area (Å²) in [5.41, 5.74) is -2.41. The molecule has 0 N–H and O–H groups in total. The van der Waals surface area contributed by atoms with E-state index in [1.807, 2.05) is 0 Å². The van der Waals surface area contributed by atoms with Gasteiger partial charge in [0, 0.05) is 48.5 Å². The summed E-state index contributed by atoms with van der Waals surface area (Å²) in [5.74, 6) is -4.68. The van der Waals surface area contributed by atoms with E-state index in [9.17, 15) is 59.6 Å². The van der Waals surface area contributed by atoms with E-state index in [2.05, 4.69) is 0 Å². The first-order chi connectivity index (χ1) is 25.7. The summed E-state index contributed by atoms with van der Waals surface area (Å²) in [6.07, 6.45) is -7.43. The van der Waals surface area contributed by atoms with E-state index in [4.69, 9.17) is 23.7 Å². The lowest BCUT2D eigenvalue weighted by atomic mass is 10.0. The van der Waals surface area contributed by atoms with Crippen LogP contribution in [0.3, 0.4) is 0 Å². The minimum atomic E-state index is -1.97. The number of rotatable bonds is 12. The van der Waals surface area contributed by atoms with Gasteiger partial charge in [0.25, 0.3) is 22.7 Å². The van der Waals surface area contributed by atoms with Crippen LogP contribution in [-0.4, -0.2) is 74.8 Å². The fourth-order valence-corrected chi connectivity index (χ4v) is 4.85. The van der Waals surface area contributed by atoms with Crippen molar-refractivity contribution in [2.24, 2.45) is 0 Å². The fraction of sp³-hybridized carbons (Fsp3) is 0.152. The molecule has 21 heteroatoms. The first-order valence-corrected chi connectivity index (χ1v) is 15.1. The normalized spacial score (nSPS) is 17.6. The van der Waals surface area contributed by atoms with Gasteiger partial charge in [-0.3, -0.25) is 40.5 Å². The van der Waals surface area contributed by atoms with Gasteiger partial charge in [-0.2, -0.15) is 0 Å². The van der Waals surface area contributed by atoms with Gasteiger partial charge in [-0.25, -0.2) is 19.2 Å². The van der Waals surface area contributed by atoms with Gasteiger partial charge in [0.2, 0.25) is 12.4 Å². The van der Waals surface area contributed by atoms with Gasteiger partial charge < -0.3 is 23.7 Å². The number of nitro benzene ring substituents is 4. The molecule has 4 aromatic rings. The van der Waals surface area contributed by atoms with Crippen molar-refractivity contribution in [1.29, 1.82) is 0 Å². The Morgan fingerprint density at radius 1 is 0.444 bits per heavy atom. The van der Waals surface area contributed by atoms with Crippen molar-refractivity contribution in [3.8, 4) is 0 Å². The number of esters is 4. The van der Waals surface area contributed by atoms with Crippen LogP contribution in [0.1, 0.15) is 41.4 Å². The number of nitrogens with zero attached hydrogens (tertiary/aromatic N) is 4. The summed E-state index contributed by atoms with van der Waals surface area (Å²) >= 11 is 0. The molecular weight excluding hydrogens is 724 g/mol. The Balaban J connectivity index is 1.51. The molecule has 0 aliphatic carbocycles. The van der Waals surface area contributed by atoms with E-state index in [-0.39, 0.29) is 45.0 Å². The quantitative estimate of drug-likeness (QED) is 0.0833. The zero-order chi connectivity index (χ0) is 39.1. The first kappa shape index (κ1) is 37.6. The summed E-state index contributed by atoms with van der Waals surface area (Å²) in [6, 6.07) is 16.4. The Kier molecular flexibility index (Phi) is 11.2. The number of benzene rings is 4. The average molecular weight is 747 g/mol. The zero-order valence-corrected chi connectivity index (χ0v) is 27.0. The number of non-ortho nitro benzene ring substituents is 4. The van der Waals surface area contributed by atoms with Gasteiger partial charge in [-0.1, -0.05) is 0 Å². The fourth-order valence-electron chi connectivity index (χ4n) is 4.85. The van der Waals surface area contributed by atoms with Crippen LogP contribution in [0.5, 0.6) is 0 Å². The Hall–Kier alpha value is -7.68. The molecule has 4 atom stereocenters. The zero-order valence-electron chi connectivity index (χ0n) is 27.0. The third-order valence-electron chi connectivity index (χ3n) is 7.61. The van der Waals surface area contributed by atoms with Crippen molar-refractivity contribution in [2.45, 2.75) is 24.6 Å². The van der Waals surface area contributed by atoms with Crippen LogP contribution < -0.4 is 0 Å². The maximum absolute atomic E-state index is 13.4. The highest BCUT2D eigenvalue weighted by atomic mass is 16.7. The van der Waals surface area contributed by atoms with Crippen molar-refractivity contribution in [3.05, 3.63) is 160 Å². The average Bonchev–Trinajstić information content (AvgIpc) is 3.16. The monoisotopic (exact) mass is 746 g/mol. The molecule has 0 bridgehead atoms. The highest BCUT2D eigenvalue weighted by Gasteiger charge is 2.50. The van der Waals surface area contributed by atoms with Gasteiger partial charge >= 0.3 is 23.9 Å². The lowest BCUT2D eigenvalue weighted by molar-refractivity contribution is -0.385. The summed E-state index contributed by atoms with van der Waals surface area (Å²) in [4.78, 5) is 94.8. The Bertz CT molecular complexity index is 1970. The smallest absolute Gasteiger partial charge is 0.340 e. The van der Waals surface area contributed by atoms with Crippen LogP contribution in [-0.2, 0) is 23.7 Å². The van der Waals surface area contributed by atoms with Gasteiger partial charge in [-0.05, 0) is 48.5 Å². The van der Waals surface area contributed by atoms with Crippen molar-refractivity contribution in [3.63, 3.8) is 0 Å². The molecule has 1 heterocycles. The largest absolute Gasteiger partial charge is 0.452 e. The maximum Gasteiger partial charge on any atom is 0.340 e. The Morgan fingerprint density at radius 3 is 1.04 bits per heavy atom. The van der Waals surface area contributed by atoms with Gasteiger partial charge in [0.05, 0.1) is 48.6 Å². The molecule has 1 fully saturated rings. The highest BCUT2D eigenvalue weighted by Crippen LogP contribution is 2.29. The van der Waals surface area contributed by atoms with E-state index < -0.39 is 74.8 Å². The van der Waals surface area contributed by atoms with E-state index in [1.165, 1.54) is 0 Å². The molecule has 21 nitrogen and oxygen atoms in total. The van der Waals surface area contributed by atoms with Crippen LogP contribution in [0.25, 0.3) is 0 Å². The minimum Gasteiger partial charge on any atom is -0.452 e. The van der Waals surface area contributed by atoms with Crippen molar-refractivity contribution in [1.82, 2.24) is 0 Å². The molecule has 5 rings (SSSR count). The number of carbonyl (C=O) groups excluding carboxylic acids is 4. The lowest BCUT2D eigenvalue weighted by Gasteiger charge is -2.40. The molecule has 0 radical (unpaired) electrons. The number of hydrogen-bond donors (Lipinski definition) is 0. The Labute approximate surface area is 300 Å². The summed E-state index contributed by atoms with van der Waals surface area (Å²) < 4.78 is 27.9. The van der Waals surface area contributed by atoms with Crippen LogP contribution in [0.15, 0.2) is 97.1 Å². The Morgan fingerprint density at radius 2 is 0.722 bits per heavy atom. The summed E-state index contributed by atoms with van der Waals surface area (Å²) in [7, 11) is 0. The molecule has 0 aromatic heterocycles. The van der Waals surface area contributed by atoms with Crippen LogP contribution in [0.2, 0.25) is 0 Å². The van der Waals surface area contributed by atoms with E-state index in [0.717, 1.165) is 97.1 Å². The molecule has 54 heavy (non-hydrogen) atoms. The van der Waals surface area contributed by atoms with E-state index >= 15 is 0 Å². The first-order valence-electron chi connectivity index (χ1n) is 15.1. The number of ether oxygens (including phenoxy) is 5. The standard InChI is InChI=1S/C33H22N4O17/c38-29(18-1-9-22(10-2-18)34(42)43)51-26-17-50-33(54-32(41)21-7-15-25(16-8-21)37(48)49)28(53-31(40)20-5-13-24(14-6-20)36(46)47)27(26)52-30(39)19-3-11-23(12-4-19)35(44)45/h1-16,26-28,33H,17H2/t26-,27+,28+,33-/m1/s1. The minimum absolute atomic E-state index is 0.202. The summed E-state index contributed by atoms with van der Waals surface area (Å²) in [5, 5.41) is 44.4. The van der Waals surface area contributed by atoms with Crippen molar-refractivity contribution >= 4 is 46.6 Å². The molecule has 276 valence electrons. The van der Waals surface area contributed by atoms with E-state index in [0.29, 0.717) is 0 Å². The highest BCUT2D eigenvalue weighted by molar-refractivity contribution is 5.92. The molecule has 0 spiro atoms. The van der Waals surface area contributed by atoms with Crippen LogP contribution in [0, 0.1) is 40.5 Å². The maximum atomic E-state index is 13.4. The molecule has 1 aliphatic rings. The third-order valence-corrected chi connectivity index (χ3v) is 7.61. The second kappa shape index (κ2) is 16.1. The third kappa shape index (κ3) is 8.78. The topological polar surface area (TPSA) is 287 Å². The number of hydrogen-bond acceptors (Lipinski definition) is 17. The predicted octanol–water partition coefficient (Wildman–Crippen LogP) is 4.51. The molecule has 0 unspecified atom stereocenters. The van der Waals surface area contributed by atoms with E-state index in [1.54, 1.807) is 0 Å². The second-order valence-corrected chi connectivity index (χ2v) is 11.0. The molecule has 4 aromatic carbocycles. The van der Waals surface area contributed by atoms with Gasteiger partial charge in [0.15, 0.2) is 12.2 Å². The molecule has 1 aliphatic heterocycles. The van der Waals surface area contributed by atoms with Gasteiger partial charge in [0.1, 0.15) is 0 Å². The number of nitro groups is 4. The molecule has 0 saturated carbocycles. The molecule has 1 saturated heterocycles. The van der Waals surface area contributed by atoms with Crippen LogP contribution >= 0.6 is 0 Å². The second-order valence-electron chi connectivity index (χ2n) is 11.0. The SMILES string of the molecule is O=C(O[C@H]1OC[C@@H](OC(=O)c2ccc([N+](=O)[O-])cc2)[C@H](OC(=O)c2ccc([N+](=O)[O-])cc2)[C@@H]1OC(=O)c1ccc([N+](=O)[O-])cc1)c1ccc([N+](=O)[O-])cc1. The predicted molar refractivity (Wildman–Crippen MR) is 175 cm³/mol. The lowest BCUT2D eigenvalue weighted by Crippen LogP contribution is -2.58. The van der Waals surface area contributed by atoms with Crippen LogP contribution in [0.4, 0.5) is 22.7 Å². The number of carbonyl (C=O) groups is 4. The van der Waals surface area contributed by atoms with Crippen molar-refractivity contribution < 1.29 is 62.6 Å². The van der Waals surface area contributed by atoms with Crippen molar-refractivity contribution in [2.75, 3.05) is 6.61 Å². The molecular formula is C33H22N4O17. The van der Waals surface area contributed by atoms with Gasteiger partial charge in [-0.15, -0.1) is 0 Å². The summed E-state index contributed by atoms with van der Waals surface area (Å²) in [6.45, 7) is -0.694. The molecule has 0 amide bonds.